The maximum Gasteiger partial charge on any atom is 0.166 e. The summed E-state index contributed by atoms with van der Waals surface area (Å²) in [5.41, 5.74) is 14.2. The molecule has 0 aliphatic carbocycles. The number of H-pyrrole nitrogens is 2. The van der Waals surface area contributed by atoms with E-state index < -0.39 is 0 Å². The lowest BCUT2D eigenvalue weighted by molar-refractivity contribution is 0.110. The van der Waals surface area contributed by atoms with E-state index >= 15 is 0 Å². The minimum absolute atomic E-state index is 0.00827. The molecule has 2 N–H and O–H groups in total. The monoisotopic (exact) mass is 850 g/mol. The van der Waals surface area contributed by atoms with Crippen LogP contribution in [0.25, 0.3) is 91.1 Å². The lowest BCUT2D eigenvalue weighted by Gasteiger charge is -2.14. The molecular formula is C52H50N8O4. The largest absolute Gasteiger partial charge is 0.354 e. The van der Waals surface area contributed by atoms with Crippen LogP contribution in [0.1, 0.15) is 144 Å². The Morgan fingerprint density at radius 2 is 0.750 bits per heavy atom. The van der Waals surface area contributed by atoms with E-state index in [1.165, 1.54) is 0 Å². The third-order valence-corrected chi connectivity index (χ3v) is 12.1. The number of carbonyl (C=O) groups excluding carboxylic acids is 4. The molecule has 12 heteroatoms. The van der Waals surface area contributed by atoms with E-state index in [0.29, 0.717) is 45.3 Å². The van der Waals surface area contributed by atoms with Crippen molar-refractivity contribution >= 4 is 71.5 Å². The molecule has 0 saturated carbocycles. The number of nitrogens with zero attached hydrogens (tertiary/aromatic N) is 6. The molecule has 9 rings (SSSR count). The van der Waals surface area contributed by atoms with E-state index in [9.17, 15) is 19.2 Å². The predicted molar refractivity (Wildman–Crippen MR) is 256 cm³/mol. The fourth-order valence-corrected chi connectivity index (χ4v) is 9.09. The molecule has 0 fully saturated rings. The number of aldehydes is 4. The molecule has 0 amide bonds. The van der Waals surface area contributed by atoms with E-state index in [-0.39, 0.29) is 24.2 Å². The van der Waals surface area contributed by atoms with Gasteiger partial charge in [-0.15, -0.1) is 0 Å². The molecule has 12 nitrogen and oxygen atoms in total. The van der Waals surface area contributed by atoms with Crippen LogP contribution in [0.15, 0.2) is 73.3 Å². The van der Waals surface area contributed by atoms with Crippen LogP contribution in [0, 0.1) is 0 Å². The topological polar surface area (TPSA) is 145 Å². The summed E-state index contributed by atoms with van der Waals surface area (Å²) in [5, 5.41) is 0. The van der Waals surface area contributed by atoms with Gasteiger partial charge in [-0.25, -0.2) is 9.97 Å². The highest BCUT2D eigenvalue weighted by molar-refractivity contribution is 6.00. The average Bonchev–Trinajstić information content (AvgIpc) is 4.12. The van der Waals surface area contributed by atoms with Crippen molar-refractivity contribution in [3.05, 3.63) is 119 Å². The third kappa shape index (κ3) is 7.04. The molecule has 64 heavy (non-hydrogen) atoms. The van der Waals surface area contributed by atoms with Gasteiger partial charge in [-0.2, -0.15) is 0 Å². The van der Waals surface area contributed by atoms with Gasteiger partial charge in [0.1, 0.15) is 0 Å². The van der Waals surface area contributed by atoms with Crippen LogP contribution >= 0.6 is 0 Å². The third-order valence-electron chi connectivity index (χ3n) is 12.1. The highest BCUT2D eigenvalue weighted by Gasteiger charge is 2.24. The van der Waals surface area contributed by atoms with Gasteiger partial charge in [0, 0.05) is 104 Å². The molecule has 0 radical (unpaired) electrons. The van der Waals surface area contributed by atoms with E-state index in [2.05, 4.69) is 46.8 Å². The standard InChI is InChI=1S/C52H50N8O4/c1-29(2)57-23-35(19-37(57)27-63)49-39-9-13-43(53-39)51(47-17-33(25-61)21-59(47)31(5)6)45-15-11-41(55-45)50(36-20-38(28-64)58(24-36)30(3)4)42-12-16-46(56-42)52(44-14-10-40(49)54-44)48-18-34(26-62)22-60(48)32(7)8/h9-32,53,56H,1-8H3. The lowest BCUT2D eigenvalue weighted by Crippen LogP contribution is -2.02. The molecule has 2 aliphatic rings. The average molecular weight is 851 g/mol. The maximum absolute atomic E-state index is 12.5. The summed E-state index contributed by atoms with van der Waals surface area (Å²) in [7, 11) is 0. The van der Waals surface area contributed by atoms with Crippen LogP contribution in [0.2, 0.25) is 0 Å². The van der Waals surface area contributed by atoms with E-state index in [1.54, 1.807) is 0 Å². The zero-order valence-electron chi connectivity index (χ0n) is 37.2. The Balaban J connectivity index is 1.50. The number of hydrogen-bond acceptors (Lipinski definition) is 6. The van der Waals surface area contributed by atoms with E-state index in [4.69, 9.17) is 9.97 Å². The van der Waals surface area contributed by atoms with Gasteiger partial charge in [0.05, 0.1) is 56.6 Å². The van der Waals surface area contributed by atoms with Gasteiger partial charge in [-0.3, -0.25) is 19.2 Å². The minimum atomic E-state index is 0.00827. The Bertz CT molecular complexity index is 3060. The first kappa shape index (κ1) is 41.7. The summed E-state index contributed by atoms with van der Waals surface area (Å²) in [6, 6.07) is 15.7. The van der Waals surface area contributed by atoms with Crippen molar-refractivity contribution in [1.29, 1.82) is 0 Å². The smallest absolute Gasteiger partial charge is 0.166 e. The van der Waals surface area contributed by atoms with Crippen LogP contribution in [0.4, 0.5) is 0 Å². The first-order valence-corrected chi connectivity index (χ1v) is 21.7. The second-order valence-electron chi connectivity index (χ2n) is 17.6. The van der Waals surface area contributed by atoms with Gasteiger partial charge in [0.15, 0.2) is 25.1 Å². The molecule has 0 saturated heterocycles. The quantitative estimate of drug-likeness (QED) is 0.117. The Labute approximate surface area is 370 Å². The molecule has 0 spiro atoms. The summed E-state index contributed by atoms with van der Waals surface area (Å²) < 4.78 is 8.09. The molecule has 8 bridgehead atoms. The minimum Gasteiger partial charge on any atom is -0.354 e. The van der Waals surface area contributed by atoms with Crippen LogP contribution in [0.5, 0.6) is 0 Å². The zero-order chi connectivity index (χ0) is 45.1. The summed E-state index contributed by atoms with van der Waals surface area (Å²) >= 11 is 0. The summed E-state index contributed by atoms with van der Waals surface area (Å²) in [6.45, 7) is 16.5. The lowest BCUT2D eigenvalue weighted by atomic mass is 10.1. The van der Waals surface area contributed by atoms with Crippen LogP contribution in [-0.2, 0) is 0 Å². The number of rotatable bonds is 12. The highest BCUT2D eigenvalue weighted by atomic mass is 16.1. The highest BCUT2D eigenvalue weighted by Crippen LogP contribution is 2.41. The van der Waals surface area contributed by atoms with Gasteiger partial charge in [-0.05, 0) is 128 Å². The van der Waals surface area contributed by atoms with E-state index in [0.717, 1.165) is 92.0 Å². The Morgan fingerprint density at radius 3 is 1.05 bits per heavy atom. The number of aromatic nitrogens is 8. The zero-order valence-corrected chi connectivity index (χ0v) is 37.2. The van der Waals surface area contributed by atoms with Crippen LogP contribution < -0.4 is 0 Å². The van der Waals surface area contributed by atoms with Crippen LogP contribution in [-0.4, -0.2) is 63.3 Å². The number of aromatic amines is 2. The molecule has 7 aromatic rings. The number of fused-ring (bicyclic) bond motifs is 8. The molecule has 0 unspecified atom stereocenters. The molecule has 7 aromatic heterocycles. The van der Waals surface area contributed by atoms with Gasteiger partial charge in [0.2, 0.25) is 0 Å². The van der Waals surface area contributed by atoms with Gasteiger partial charge in [0.25, 0.3) is 0 Å². The van der Waals surface area contributed by atoms with Crippen molar-refractivity contribution in [1.82, 2.24) is 38.2 Å². The Hall–Kier alpha value is -7.60. The molecular weight excluding hydrogens is 801 g/mol. The van der Waals surface area contributed by atoms with Gasteiger partial charge >= 0.3 is 0 Å². The molecule has 2 aliphatic heterocycles. The van der Waals surface area contributed by atoms with E-state index in [1.807, 2.05) is 134 Å². The van der Waals surface area contributed by atoms with Crippen molar-refractivity contribution < 1.29 is 19.2 Å². The van der Waals surface area contributed by atoms with Gasteiger partial charge < -0.3 is 28.2 Å². The fourth-order valence-electron chi connectivity index (χ4n) is 9.09. The molecule has 322 valence electrons. The number of carbonyl (C=O) groups is 4. The first-order chi connectivity index (χ1) is 30.8. The summed E-state index contributed by atoms with van der Waals surface area (Å²) in [6.07, 6.45) is 19.2. The van der Waals surface area contributed by atoms with Crippen molar-refractivity contribution in [3.63, 3.8) is 0 Å². The second-order valence-corrected chi connectivity index (χ2v) is 17.6. The summed E-state index contributed by atoms with van der Waals surface area (Å²) in [4.78, 5) is 68.0. The Morgan fingerprint density at radius 1 is 0.422 bits per heavy atom. The SMILES string of the molecule is CC(C)n1cc(-c2c3nc(c(-c4cc(C=O)cn4C(C)C)c4ccc([nH]4)c(-c4cc(C=O)n(C(C)C)c4)c4nc(c(-c5cc(C=O)cn5C(C)C)c5ccc2[nH]5)C=C4)C=C3)cc1C=O. The first-order valence-electron chi connectivity index (χ1n) is 21.7. The van der Waals surface area contributed by atoms with Crippen LogP contribution in [0.3, 0.4) is 0 Å². The number of nitrogens with one attached hydrogen (secondary N) is 2. The summed E-state index contributed by atoms with van der Waals surface area (Å²) in [5.74, 6) is 0. The predicted octanol–water partition coefficient (Wildman–Crippen LogP) is 12.1. The normalized spacial score (nSPS) is 12.4. The molecule has 9 heterocycles. The van der Waals surface area contributed by atoms with Crippen molar-refractivity contribution in [2.45, 2.75) is 79.6 Å². The van der Waals surface area contributed by atoms with Gasteiger partial charge in [-0.1, -0.05) is 0 Å². The van der Waals surface area contributed by atoms with Crippen molar-refractivity contribution in [2.75, 3.05) is 0 Å². The fraction of sp³-hybridized carbons (Fsp3) is 0.231. The van der Waals surface area contributed by atoms with Crippen molar-refractivity contribution in [2.24, 2.45) is 0 Å². The molecule has 0 aromatic carbocycles. The Kier molecular flexibility index (Phi) is 10.6. The second kappa shape index (κ2) is 16.3. The maximum atomic E-state index is 12.5. The van der Waals surface area contributed by atoms with Crippen molar-refractivity contribution in [3.8, 4) is 44.8 Å². The number of hydrogen-bond donors (Lipinski definition) is 2. The molecule has 0 atom stereocenters.